The van der Waals surface area contributed by atoms with E-state index in [1.54, 1.807) is 0 Å². The Labute approximate surface area is 135 Å². The van der Waals surface area contributed by atoms with Crippen LogP contribution in [0.4, 0.5) is 0 Å². The van der Waals surface area contributed by atoms with Gasteiger partial charge in [-0.05, 0) is 31.0 Å². The van der Waals surface area contributed by atoms with E-state index in [1.165, 1.54) is 5.56 Å². The monoisotopic (exact) mass is 305 g/mol. The van der Waals surface area contributed by atoms with Gasteiger partial charge in [0.2, 0.25) is 5.91 Å². The largest absolute Gasteiger partial charge is 0.353 e. The lowest BCUT2D eigenvalue weighted by Crippen LogP contribution is -2.50. The fourth-order valence-electron chi connectivity index (χ4n) is 2.60. The second-order valence-corrected chi connectivity index (χ2v) is 6.08. The number of hydrogen-bond acceptors (Lipinski definition) is 3. The van der Waals surface area contributed by atoms with Crippen LogP contribution in [0.15, 0.2) is 30.3 Å². The number of benzene rings is 1. The topological polar surface area (TPSA) is 58.4 Å². The Kier molecular flexibility index (Phi) is 8.13. The third kappa shape index (κ3) is 5.78. The van der Waals surface area contributed by atoms with Crippen molar-refractivity contribution in [2.24, 2.45) is 11.7 Å². The Morgan fingerprint density at radius 1 is 1.18 bits per heavy atom. The minimum atomic E-state index is -0.436. The predicted octanol–water partition coefficient (Wildman–Crippen LogP) is 2.04. The van der Waals surface area contributed by atoms with Gasteiger partial charge in [-0.1, -0.05) is 58.0 Å². The zero-order valence-electron chi connectivity index (χ0n) is 14.4. The molecule has 1 amide bonds. The van der Waals surface area contributed by atoms with Crippen molar-refractivity contribution in [3.05, 3.63) is 35.9 Å². The molecular formula is C18H31N3O. The van der Waals surface area contributed by atoms with Crippen LogP contribution < -0.4 is 11.1 Å². The molecule has 0 fully saturated rings. The van der Waals surface area contributed by atoms with Crippen LogP contribution >= 0.6 is 0 Å². The van der Waals surface area contributed by atoms with Crippen LogP contribution in [0.5, 0.6) is 0 Å². The third-order valence-electron chi connectivity index (χ3n) is 4.18. The molecule has 4 nitrogen and oxygen atoms in total. The van der Waals surface area contributed by atoms with E-state index in [-0.39, 0.29) is 11.8 Å². The van der Waals surface area contributed by atoms with E-state index >= 15 is 0 Å². The van der Waals surface area contributed by atoms with E-state index in [0.717, 1.165) is 19.5 Å². The Hall–Kier alpha value is -1.39. The summed E-state index contributed by atoms with van der Waals surface area (Å²) in [5.41, 5.74) is 7.21. The number of nitrogens with zero attached hydrogens (tertiary/aromatic N) is 1. The van der Waals surface area contributed by atoms with Crippen molar-refractivity contribution in [3.63, 3.8) is 0 Å². The molecule has 124 valence electrons. The summed E-state index contributed by atoms with van der Waals surface area (Å²) in [5, 5.41) is 3.03. The highest BCUT2D eigenvalue weighted by Crippen LogP contribution is 2.09. The molecule has 22 heavy (non-hydrogen) atoms. The first-order valence-electron chi connectivity index (χ1n) is 8.30. The Morgan fingerprint density at radius 3 is 2.27 bits per heavy atom. The van der Waals surface area contributed by atoms with Crippen molar-refractivity contribution >= 4 is 5.91 Å². The van der Waals surface area contributed by atoms with E-state index in [0.29, 0.717) is 12.6 Å². The number of carbonyl (C=O) groups excluding carboxylic acids is 1. The number of amides is 1. The second-order valence-electron chi connectivity index (χ2n) is 6.08. The zero-order valence-corrected chi connectivity index (χ0v) is 14.4. The first-order chi connectivity index (χ1) is 10.5. The summed E-state index contributed by atoms with van der Waals surface area (Å²) in [6, 6.07) is 10.3. The highest BCUT2D eigenvalue weighted by molar-refractivity contribution is 5.81. The summed E-state index contributed by atoms with van der Waals surface area (Å²) < 4.78 is 0. The minimum Gasteiger partial charge on any atom is -0.353 e. The zero-order chi connectivity index (χ0) is 16.5. The first-order valence-corrected chi connectivity index (χ1v) is 8.30. The van der Waals surface area contributed by atoms with Gasteiger partial charge >= 0.3 is 0 Å². The van der Waals surface area contributed by atoms with Crippen LogP contribution in [-0.2, 0) is 11.2 Å². The maximum Gasteiger partial charge on any atom is 0.237 e. The number of hydrogen-bond donors (Lipinski definition) is 2. The van der Waals surface area contributed by atoms with E-state index in [1.807, 2.05) is 19.9 Å². The van der Waals surface area contributed by atoms with Crippen LogP contribution in [0, 0.1) is 5.92 Å². The molecule has 0 saturated carbocycles. The van der Waals surface area contributed by atoms with Crippen LogP contribution in [0.2, 0.25) is 0 Å². The van der Waals surface area contributed by atoms with Gasteiger partial charge in [-0.3, -0.25) is 9.69 Å². The molecule has 1 aromatic rings. The highest BCUT2D eigenvalue weighted by atomic mass is 16.2. The summed E-state index contributed by atoms with van der Waals surface area (Å²) in [6.07, 6.45) is 0.930. The fraction of sp³-hybridized carbons (Fsp3) is 0.611. The molecule has 0 bridgehead atoms. The lowest BCUT2D eigenvalue weighted by Gasteiger charge is -2.30. The maximum atomic E-state index is 12.1. The van der Waals surface area contributed by atoms with Gasteiger partial charge in [-0.2, -0.15) is 0 Å². The molecule has 0 heterocycles. The molecule has 3 N–H and O–H groups in total. The van der Waals surface area contributed by atoms with Gasteiger partial charge < -0.3 is 11.1 Å². The van der Waals surface area contributed by atoms with Crippen molar-refractivity contribution in [1.29, 1.82) is 0 Å². The van der Waals surface area contributed by atoms with Crippen LogP contribution in [0.25, 0.3) is 0 Å². The van der Waals surface area contributed by atoms with Gasteiger partial charge in [0.1, 0.15) is 0 Å². The Balaban J connectivity index is 2.68. The van der Waals surface area contributed by atoms with Gasteiger partial charge in [0.25, 0.3) is 0 Å². The molecular weight excluding hydrogens is 274 g/mol. The van der Waals surface area contributed by atoms with Crippen molar-refractivity contribution in [3.8, 4) is 0 Å². The summed E-state index contributed by atoms with van der Waals surface area (Å²) in [7, 11) is 0. The van der Waals surface area contributed by atoms with Crippen molar-refractivity contribution < 1.29 is 4.79 Å². The van der Waals surface area contributed by atoms with Gasteiger partial charge in [-0.25, -0.2) is 0 Å². The molecule has 0 aliphatic rings. The average Bonchev–Trinajstić information content (AvgIpc) is 2.53. The average molecular weight is 305 g/mol. The Morgan fingerprint density at radius 2 is 1.77 bits per heavy atom. The van der Waals surface area contributed by atoms with Gasteiger partial charge in [0, 0.05) is 12.6 Å². The summed E-state index contributed by atoms with van der Waals surface area (Å²) in [5.74, 6) is 0.0984. The maximum absolute atomic E-state index is 12.1. The molecule has 1 rings (SSSR count). The van der Waals surface area contributed by atoms with E-state index in [4.69, 9.17) is 5.73 Å². The lowest BCUT2D eigenvalue weighted by molar-refractivity contribution is -0.123. The summed E-state index contributed by atoms with van der Waals surface area (Å²) in [4.78, 5) is 14.5. The second kappa shape index (κ2) is 9.59. The molecule has 4 heteroatoms. The van der Waals surface area contributed by atoms with Gasteiger partial charge in [0.15, 0.2) is 0 Å². The lowest BCUT2D eigenvalue weighted by atomic mass is 10.0. The SMILES string of the molecule is CCN(CC)C(CNC(=O)[C@@H](N)C(C)C)Cc1ccccc1. The van der Waals surface area contributed by atoms with Crippen LogP contribution in [0.3, 0.4) is 0 Å². The summed E-state index contributed by atoms with van der Waals surface area (Å²) in [6.45, 7) is 10.8. The van der Waals surface area contributed by atoms with Crippen LogP contribution in [-0.4, -0.2) is 42.5 Å². The van der Waals surface area contributed by atoms with Crippen molar-refractivity contribution in [1.82, 2.24) is 10.2 Å². The third-order valence-corrected chi connectivity index (χ3v) is 4.18. The predicted molar refractivity (Wildman–Crippen MR) is 92.7 cm³/mol. The quantitative estimate of drug-likeness (QED) is 0.734. The van der Waals surface area contributed by atoms with Gasteiger partial charge in [0.05, 0.1) is 6.04 Å². The number of rotatable bonds is 9. The summed E-state index contributed by atoms with van der Waals surface area (Å²) >= 11 is 0. The van der Waals surface area contributed by atoms with Crippen molar-refractivity contribution in [2.45, 2.75) is 46.2 Å². The van der Waals surface area contributed by atoms with Crippen molar-refractivity contribution in [2.75, 3.05) is 19.6 Å². The molecule has 0 spiro atoms. The number of nitrogens with two attached hydrogens (primary N) is 1. The smallest absolute Gasteiger partial charge is 0.237 e. The normalized spacial score (nSPS) is 14.1. The van der Waals surface area contributed by atoms with E-state index in [2.05, 4.69) is 48.3 Å². The van der Waals surface area contributed by atoms with E-state index in [9.17, 15) is 4.79 Å². The minimum absolute atomic E-state index is 0.0554. The molecule has 0 aliphatic carbocycles. The molecule has 0 saturated heterocycles. The van der Waals surface area contributed by atoms with Crippen LogP contribution in [0.1, 0.15) is 33.3 Å². The first kappa shape index (κ1) is 18.7. The number of nitrogens with one attached hydrogen (secondary N) is 1. The highest BCUT2D eigenvalue weighted by Gasteiger charge is 2.21. The molecule has 0 aromatic heterocycles. The molecule has 2 atom stereocenters. The van der Waals surface area contributed by atoms with Gasteiger partial charge in [-0.15, -0.1) is 0 Å². The molecule has 1 unspecified atom stereocenters. The molecule has 0 aliphatic heterocycles. The number of likely N-dealkylation sites (N-methyl/N-ethyl adjacent to an activating group) is 1. The Bertz CT molecular complexity index is 429. The fourth-order valence-corrected chi connectivity index (χ4v) is 2.60. The molecule has 1 aromatic carbocycles. The molecule has 0 radical (unpaired) electrons. The van der Waals surface area contributed by atoms with E-state index < -0.39 is 6.04 Å². The number of carbonyl (C=O) groups is 1. The standard InChI is InChI=1S/C18H31N3O/c1-5-21(6-2)16(12-15-10-8-7-9-11-15)13-20-18(22)17(19)14(3)4/h7-11,14,16-17H,5-6,12-13,19H2,1-4H3,(H,20,22)/t16?,17-/m0/s1.